The Labute approximate surface area is 161 Å². The molecule has 0 saturated heterocycles. The van der Waals surface area contributed by atoms with Crippen molar-refractivity contribution in [1.82, 2.24) is 10.1 Å². The van der Waals surface area contributed by atoms with Gasteiger partial charge < -0.3 is 4.74 Å². The first-order chi connectivity index (χ1) is 13.2. The lowest BCUT2D eigenvalue weighted by molar-refractivity contribution is -0.384. The molecule has 28 heavy (non-hydrogen) atoms. The number of carbonyl (C=O) groups is 1. The van der Waals surface area contributed by atoms with E-state index in [4.69, 9.17) is 4.74 Å². The molecule has 0 aliphatic rings. The highest BCUT2D eigenvalue weighted by Gasteiger charge is 2.22. The number of non-ortho nitro benzene ring substituents is 1. The monoisotopic (exact) mass is 406 g/mol. The number of methoxy groups -OCH3 is 1. The first-order valence-electron chi connectivity index (χ1n) is 7.96. The van der Waals surface area contributed by atoms with Crippen molar-refractivity contribution in [2.45, 2.75) is 17.9 Å². The van der Waals surface area contributed by atoms with Crippen LogP contribution in [0.4, 0.5) is 5.69 Å². The molecule has 10 nitrogen and oxygen atoms in total. The number of sulfonamides is 1. The molecule has 0 heterocycles. The molecule has 2 aromatic carbocycles. The normalized spacial score (nSPS) is 12.5. The number of nitrogens with one attached hydrogen (secondary N) is 2. The largest absolute Gasteiger partial charge is 0.497 e. The van der Waals surface area contributed by atoms with Crippen LogP contribution in [0.25, 0.3) is 0 Å². The molecule has 0 fully saturated rings. The predicted molar refractivity (Wildman–Crippen MR) is 102 cm³/mol. The van der Waals surface area contributed by atoms with Crippen molar-refractivity contribution < 1.29 is 22.9 Å². The topological polar surface area (TPSA) is 140 Å². The molecular formula is C17H18N4O6S. The van der Waals surface area contributed by atoms with E-state index in [1.54, 1.807) is 31.4 Å². The quantitative estimate of drug-likeness (QED) is 0.386. The molecule has 0 aromatic heterocycles. The average Bonchev–Trinajstić information content (AvgIpc) is 2.68. The zero-order chi connectivity index (χ0) is 20.7. The number of nitro groups is 1. The van der Waals surface area contributed by atoms with Gasteiger partial charge in [0.25, 0.3) is 11.6 Å². The smallest absolute Gasteiger partial charge is 0.269 e. The van der Waals surface area contributed by atoms with E-state index in [0.717, 1.165) is 24.3 Å². The molecule has 11 heteroatoms. The van der Waals surface area contributed by atoms with Crippen LogP contribution < -0.4 is 14.9 Å². The summed E-state index contributed by atoms with van der Waals surface area (Å²) in [6.45, 7) is 1.35. The SMILES string of the molecule is COc1ccc(/C=N\NC(=O)[C@H](C)NS(=O)(=O)c2ccc([N+](=O)[O-])cc2)cc1. The van der Waals surface area contributed by atoms with E-state index in [-0.39, 0.29) is 10.6 Å². The molecule has 0 aliphatic carbocycles. The first-order valence-corrected chi connectivity index (χ1v) is 9.45. The second-order valence-corrected chi connectivity index (χ2v) is 7.32. The van der Waals surface area contributed by atoms with Gasteiger partial charge in [-0.15, -0.1) is 0 Å². The lowest BCUT2D eigenvalue weighted by Crippen LogP contribution is -2.43. The van der Waals surface area contributed by atoms with Crippen molar-refractivity contribution in [3.63, 3.8) is 0 Å². The Balaban J connectivity index is 1.96. The van der Waals surface area contributed by atoms with Gasteiger partial charge in [-0.05, 0) is 48.9 Å². The predicted octanol–water partition coefficient (Wildman–Crippen LogP) is 1.42. The molecular weight excluding hydrogens is 388 g/mol. The fourth-order valence-corrected chi connectivity index (χ4v) is 3.26. The van der Waals surface area contributed by atoms with Crippen molar-refractivity contribution in [3.8, 4) is 5.75 Å². The molecule has 1 atom stereocenters. The van der Waals surface area contributed by atoms with Crippen molar-refractivity contribution in [2.24, 2.45) is 5.10 Å². The molecule has 2 rings (SSSR count). The Morgan fingerprint density at radius 2 is 1.79 bits per heavy atom. The van der Waals surface area contributed by atoms with Gasteiger partial charge in [-0.3, -0.25) is 14.9 Å². The van der Waals surface area contributed by atoms with Crippen LogP contribution in [-0.4, -0.2) is 38.6 Å². The number of amides is 1. The number of carbonyl (C=O) groups excluding carboxylic acids is 1. The third-order valence-electron chi connectivity index (χ3n) is 3.59. The minimum atomic E-state index is -4.03. The van der Waals surface area contributed by atoms with Gasteiger partial charge in [0.1, 0.15) is 5.75 Å². The summed E-state index contributed by atoms with van der Waals surface area (Å²) in [5, 5.41) is 14.4. The fraction of sp³-hybridized carbons (Fsp3) is 0.176. The van der Waals surface area contributed by atoms with Gasteiger partial charge in [-0.25, -0.2) is 13.8 Å². The molecule has 0 bridgehead atoms. The van der Waals surface area contributed by atoms with Crippen LogP contribution in [0.3, 0.4) is 0 Å². The lowest BCUT2D eigenvalue weighted by atomic mass is 10.2. The Bertz CT molecular complexity index is 972. The zero-order valence-corrected chi connectivity index (χ0v) is 15.8. The van der Waals surface area contributed by atoms with Crippen LogP contribution in [0.1, 0.15) is 12.5 Å². The second-order valence-electron chi connectivity index (χ2n) is 5.60. The molecule has 0 unspecified atom stereocenters. The van der Waals surface area contributed by atoms with Crippen LogP contribution >= 0.6 is 0 Å². The molecule has 0 aliphatic heterocycles. The summed E-state index contributed by atoms with van der Waals surface area (Å²) < 4.78 is 31.8. The molecule has 0 saturated carbocycles. The van der Waals surface area contributed by atoms with Gasteiger partial charge in [0.2, 0.25) is 10.0 Å². The highest BCUT2D eigenvalue weighted by molar-refractivity contribution is 7.89. The standard InChI is InChI=1S/C17H18N4O6S/c1-12(17(22)19-18-11-13-3-7-15(27-2)8-4-13)20-28(25,26)16-9-5-14(6-10-16)21(23)24/h3-12,20H,1-2H3,(H,19,22)/b18-11-/t12-/m0/s1. The molecule has 2 aromatic rings. The summed E-state index contributed by atoms with van der Waals surface area (Å²) in [5.41, 5.74) is 2.71. The van der Waals surface area contributed by atoms with Gasteiger partial charge in [-0.1, -0.05) is 0 Å². The summed E-state index contributed by atoms with van der Waals surface area (Å²) in [7, 11) is -2.49. The van der Waals surface area contributed by atoms with E-state index in [9.17, 15) is 23.3 Å². The number of ether oxygens (including phenoxy) is 1. The summed E-state index contributed by atoms with van der Waals surface area (Å²) in [5.74, 6) is 0.00528. The van der Waals surface area contributed by atoms with Crippen LogP contribution in [-0.2, 0) is 14.8 Å². The number of nitro benzene ring substituents is 1. The van der Waals surface area contributed by atoms with Gasteiger partial charge in [0.05, 0.1) is 29.2 Å². The summed E-state index contributed by atoms with van der Waals surface area (Å²) in [6, 6.07) is 10.1. The maximum atomic E-state index is 12.3. The van der Waals surface area contributed by atoms with E-state index in [1.807, 2.05) is 0 Å². The van der Waals surface area contributed by atoms with Crippen molar-refractivity contribution in [3.05, 3.63) is 64.2 Å². The van der Waals surface area contributed by atoms with E-state index < -0.39 is 26.9 Å². The van der Waals surface area contributed by atoms with Crippen molar-refractivity contribution >= 4 is 27.8 Å². The average molecular weight is 406 g/mol. The maximum absolute atomic E-state index is 12.3. The zero-order valence-electron chi connectivity index (χ0n) is 15.0. The third-order valence-corrected chi connectivity index (χ3v) is 5.14. The van der Waals surface area contributed by atoms with Gasteiger partial charge >= 0.3 is 0 Å². The van der Waals surface area contributed by atoms with E-state index in [2.05, 4.69) is 15.2 Å². The van der Waals surface area contributed by atoms with Crippen molar-refractivity contribution in [1.29, 1.82) is 0 Å². The number of benzene rings is 2. The lowest BCUT2D eigenvalue weighted by Gasteiger charge is -2.12. The van der Waals surface area contributed by atoms with Crippen LogP contribution in [0, 0.1) is 10.1 Å². The summed E-state index contributed by atoms with van der Waals surface area (Å²) in [4.78, 5) is 21.8. The number of nitrogens with zero attached hydrogens (tertiary/aromatic N) is 2. The first kappa shape index (κ1) is 21.0. The summed E-state index contributed by atoms with van der Waals surface area (Å²) >= 11 is 0. The molecule has 148 valence electrons. The Hall–Kier alpha value is -3.31. The Kier molecular flexibility index (Phi) is 6.79. The van der Waals surface area contributed by atoms with Gasteiger partial charge in [-0.2, -0.15) is 9.82 Å². The third kappa shape index (κ3) is 5.59. The van der Waals surface area contributed by atoms with E-state index in [0.29, 0.717) is 11.3 Å². The van der Waals surface area contributed by atoms with E-state index >= 15 is 0 Å². The highest BCUT2D eigenvalue weighted by Crippen LogP contribution is 2.16. The van der Waals surface area contributed by atoms with E-state index in [1.165, 1.54) is 13.1 Å². The molecule has 0 radical (unpaired) electrons. The minimum absolute atomic E-state index is 0.195. The van der Waals surface area contributed by atoms with Gasteiger partial charge in [0, 0.05) is 12.1 Å². The summed E-state index contributed by atoms with van der Waals surface area (Å²) in [6.07, 6.45) is 1.40. The highest BCUT2D eigenvalue weighted by atomic mass is 32.2. The van der Waals surface area contributed by atoms with Crippen LogP contribution in [0.5, 0.6) is 5.75 Å². The molecule has 2 N–H and O–H groups in total. The van der Waals surface area contributed by atoms with Gasteiger partial charge in [0.15, 0.2) is 0 Å². The number of hydrogen-bond donors (Lipinski definition) is 2. The van der Waals surface area contributed by atoms with Crippen LogP contribution in [0.15, 0.2) is 58.5 Å². The van der Waals surface area contributed by atoms with Crippen molar-refractivity contribution in [2.75, 3.05) is 7.11 Å². The molecule has 1 amide bonds. The Morgan fingerprint density at radius 3 is 2.32 bits per heavy atom. The molecule has 0 spiro atoms. The van der Waals surface area contributed by atoms with Crippen LogP contribution in [0.2, 0.25) is 0 Å². The second kappa shape index (κ2) is 9.06. The maximum Gasteiger partial charge on any atom is 0.269 e. The number of hydrazone groups is 1. The minimum Gasteiger partial charge on any atom is -0.497 e. The fourth-order valence-electron chi connectivity index (χ4n) is 2.06. The Morgan fingerprint density at radius 1 is 1.18 bits per heavy atom. The number of rotatable bonds is 8. The number of hydrogen-bond acceptors (Lipinski definition) is 7.